The van der Waals surface area contributed by atoms with Crippen LogP contribution in [0.1, 0.15) is 30.3 Å². The van der Waals surface area contributed by atoms with E-state index in [1.54, 1.807) is 0 Å². The Labute approximate surface area is 150 Å². The highest BCUT2D eigenvalue weighted by Crippen LogP contribution is 2.34. The number of anilines is 1. The molecule has 4 rings (SSSR count). The molecule has 1 aliphatic rings. The lowest BCUT2D eigenvalue weighted by Crippen LogP contribution is -2.37. The normalized spacial score (nSPS) is 17.4. The van der Waals surface area contributed by atoms with Gasteiger partial charge in [-0.1, -0.05) is 0 Å². The van der Waals surface area contributed by atoms with Crippen LogP contribution in [0.25, 0.3) is 10.8 Å². The lowest BCUT2D eigenvalue weighted by Gasteiger charge is -2.35. The second-order valence-corrected chi connectivity index (χ2v) is 6.70. The number of aryl methyl sites for hydroxylation is 1. The third-order valence-electron chi connectivity index (χ3n) is 4.27. The lowest BCUT2D eigenvalue weighted by molar-refractivity contribution is -0.141. The van der Waals surface area contributed by atoms with E-state index < -0.39 is 11.9 Å². The van der Waals surface area contributed by atoms with Gasteiger partial charge in [0, 0.05) is 13.1 Å². The Hall–Kier alpha value is -2.56. The molecule has 0 saturated heterocycles. The fraction of sp³-hybridized carbons (Fsp3) is 0.400. The summed E-state index contributed by atoms with van der Waals surface area (Å²) in [5, 5.41) is 9.21. The van der Waals surface area contributed by atoms with Crippen molar-refractivity contribution in [1.82, 2.24) is 29.1 Å². The van der Waals surface area contributed by atoms with Crippen molar-refractivity contribution in [3.63, 3.8) is 0 Å². The lowest BCUT2D eigenvalue weighted by atomic mass is 10.2. The zero-order valence-corrected chi connectivity index (χ0v) is 14.7. The van der Waals surface area contributed by atoms with Gasteiger partial charge in [0.05, 0.1) is 17.9 Å². The molecule has 0 bridgehead atoms. The van der Waals surface area contributed by atoms with Crippen LogP contribution in [-0.4, -0.2) is 35.7 Å². The van der Waals surface area contributed by atoms with E-state index in [1.807, 2.05) is 23.3 Å². The van der Waals surface area contributed by atoms with Gasteiger partial charge in [0.1, 0.15) is 11.5 Å². The number of hydrogen-bond donors (Lipinski definition) is 0. The quantitative estimate of drug-likeness (QED) is 0.679. The van der Waals surface area contributed by atoms with Crippen molar-refractivity contribution in [2.75, 3.05) is 11.4 Å². The summed E-state index contributed by atoms with van der Waals surface area (Å²) in [5.74, 6) is 2.09. The minimum Gasteiger partial charge on any atom is -0.359 e. The molecule has 0 saturated carbocycles. The van der Waals surface area contributed by atoms with Crippen LogP contribution in [0.4, 0.5) is 18.9 Å². The van der Waals surface area contributed by atoms with Gasteiger partial charge < -0.3 is 9.47 Å². The van der Waals surface area contributed by atoms with Crippen molar-refractivity contribution >= 4 is 17.2 Å². The van der Waals surface area contributed by atoms with Crippen LogP contribution in [0.5, 0.6) is 0 Å². The maximum Gasteiger partial charge on any atom is 0.433 e. The molecule has 136 valence electrons. The molecule has 0 fully saturated rings. The van der Waals surface area contributed by atoms with E-state index in [0.29, 0.717) is 35.4 Å². The van der Waals surface area contributed by atoms with Gasteiger partial charge in [-0.15, -0.1) is 10.2 Å². The average Bonchev–Trinajstić information content (AvgIpc) is 3.21. The van der Waals surface area contributed by atoms with E-state index in [4.69, 9.17) is 0 Å². The smallest absolute Gasteiger partial charge is 0.359 e. The Morgan fingerprint density at radius 3 is 2.62 bits per heavy atom. The summed E-state index contributed by atoms with van der Waals surface area (Å²) in [7, 11) is 0. The molecule has 1 aliphatic heterocycles. The molecule has 3 aromatic heterocycles. The van der Waals surface area contributed by atoms with Crippen molar-refractivity contribution in [1.29, 1.82) is 0 Å². The molecule has 0 aliphatic carbocycles. The summed E-state index contributed by atoms with van der Waals surface area (Å²) in [4.78, 5) is 9.86. The highest BCUT2D eigenvalue weighted by atomic mass is 32.1. The van der Waals surface area contributed by atoms with Gasteiger partial charge in [0.2, 0.25) is 0 Å². The molecule has 7 nitrogen and oxygen atoms in total. The van der Waals surface area contributed by atoms with Gasteiger partial charge in [-0.2, -0.15) is 17.5 Å². The molecule has 4 heterocycles. The van der Waals surface area contributed by atoms with Crippen LogP contribution in [0.3, 0.4) is 0 Å². The summed E-state index contributed by atoms with van der Waals surface area (Å²) >= 11 is 1.27. The van der Waals surface area contributed by atoms with Crippen molar-refractivity contribution in [2.24, 2.45) is 0 Å². The van der Waals surface area contributed by atoms with Gasteiger partial charge in [-0.05, 0) is 37.5 Å². The topological polar surface area (TPSA) is 72.6 Å². The number of aromatic nitrogens is 6. The van der Waals surface area contributed by atoms with Crippen molar-refractivity contribution < 1.29 is 13.2 Å². The van der Waals surface area contributed by atoms with Crippen molar-refractivity contribution in [2.45, 2.75) is 32.6 Å². The Bertz CT molecular complexity index is 932. The first-order chi connectivity index (χ1) is 12.3. The molecule has 11 heteroatoms. The fourth-order valence-corrected chi connectivity index (χ4v) is 3.67. The third-order valence-corrected chi connectivity index (χ3v) is 5.08. The molecule has 0 N–H and O–H groups in total. The van der Waals surface area contributed by atoms with Crippen molar-refractivity contribution in [3.05, 3.63) is 35.7 Å². The minimum absolute atomic E-state index is 0.155. The number of halogens is 3. The second kappa shape index (κ2) is 6.01. The summed E-state index contributed by atoms with van der Waals surface area (Å²) in [6.07, 6.45) is -3.19. The number of rotatable bonds is 2. The zero-order chi connectivity index (χ0) is 18.5. The first-order valence-electron chi connectivity index (χ1n) is 7.88. The van der Waals surface area contributed by atoms with Crippen LogP contribution in [0.2, 0.25) is 0 Å². The highest BCUT2D eigenvalue weighted by Gasteiger charge is 2.33. The van der Waals surface area contributed by atoms with E-state index in [0.717, 1.165) is 11.9 Å². The van der Waals surface area contributed by atoms with E-state index in [2.05, 4.69) is 24.5 Å². The molecule has 3 aromatic rings. The molecule has 26 heavy (non-hydrogen) atoms. The first-order valence-corrected chi connectivity index (χ1v) is 8.65. The van der Waals surface area contributed by atoms with Gasteiger partial charge in [-0.3, -0.25) is 0 Å². The average molecular weight is 381 g/mol. The maximum atomic E-state index is 12.7. The molecule has 0 radical (unpaired) electrons. The predicted molar refractivity (Wildman–Crippen MR) is 88.7 cm³/mol. The number of alkyl halides is 3. The van der Waals surface area contributed by atoms with Crippen molar-refractivity contribution in [3.8, 4) is 10.8 Å². The Balaban J connectivity index is 1.63. The largest absolute Gasteiger partial charge is 0.433 e. The maximum absolute atomic E-state index is 12.7. The zero-order valence-electron chi connectivity index (χ0n) is 13.9. The fourth-order valence-electron chi connectivity index (χ4n) is 3.01. The van der Waals surface area contributed by atoms with Crippen LogP contribution < -0.4 is 4.90 Å². The monoisotopic (exact) mass is 381 g/mol. The molecule has 0 amide bonds. The standard InChI is InChI=1S/C15H14F3N7S/c1-8-12-21-22-13(14-20-9(2)23-26-14)25(12)6-5-24(8)10-3-4-11(19-7-10)15(16,17)18/h3-4,7-8H,5-6H2,1-2H3/t8-/m1/s1. The molecule has 0 unspecified atom stereocenters. The molecular weight excluding hydrogens is 367 g/mol. The Morgan fingerprint density at radius 1 is 1.19 bits per heavy atom. The van der Waals surface area contributed by atoms with E-state index >= 15 is 0 Å². The molecule has 1 atom stereocenters. The van der Waals surface area contributed by atoms with E-state index in [1.165, 1.54) is 23.8 Å². The molecule has 0 aromatic carbocycles. The summed E-state index contributed by atoms with van der Waals surface area (Å²) in [6.45, 7) is 4.95. The van der Waals surface area contributed by atoms with Crippen LogP contribution in [0.15, 0.2) is 18.3 Å². The van der Waals surface area contributed by atoms with Crippen LogP contribution in [-0.2, 0) is 12.7 Å². The SMILES string of the molecule is Cc1nsc(-c2nnc3n2CCN(c2ccc(C(F)(F)F)nc2)[C@@H]3C)n1. The Morgan fingerprint density at radius 2 is 2.00 bits per heavy atom. The Kier molecular flexibility index (Phi) is 3.90. The minimum atomic E-state index is -4.44. The van der Waals surface area contributed by atoms with Gasteiger partial charge in [0.25, 0.3) is 0 Å². The summed E-state index contributed by atoms with van der Waals surface area (Å²) < 4.78 is 44.2. The first kappa shape index (κ1) is 16.9. The highest BCUT2D eigenvalue weighted by molar-refractivity contribution is 7.09. The van der Waals surface area contributed by atoms with Gasteiger partial charge in [-0.25, -0.2) is 9.97 Å². The third kappa shape index (κ3) is 2.81. The van der Waals surface area contributed by atoms with Crippen LogP contribution >= 0.6 is 11.5 Å². The second-order valence-electron chi connectivity index (χ2n) is 5.95. The predicted octanol–water partition coefficient (Wildman–Crippen LogP) is 3.10. The molecule has 0 spiro atoms. The summed E-state index contributed by atoms with van der Waals surface area (Å²) in [5.41, 5.74) is -0.281. The number of nitrogens with zero attached hydrogens (tertiary/aromatic N) is 7. The number of fused-ring (bicyclic) bond motifs is 1. The van der Waals surface area contributed by atoms with E-state index in [-0.39, 0.29) is 6.04 Å². The number of hydrogen-bond acceptors (Lipinski definition) is 7. The number of pyridine rings is 1. The summed E-state index contributed by atoms with van der Waals surface area (Å²) in [6, 6.07) is 2.28. The molecular formula is C15H14F3N7S. The van der Waals surface area contributed by atoms with E-state index in [9.17, 15) is 13.2 Å². The van der Waals surface area contributed by atoms with Crippen LogP contribution in [0, 0.1) is 6.92 Å². The van der Waals surface area contributed by atoms with Gasteiger partial charge >= 0.3 is 6.18 Å². The van der Waals surface area contributed by atoms with Gasteiger partial charge in [0.15, 0.2) is 16.7 Å².